The van der Waals surface area contributed by atoms with E-state index in [1.807, 2.05) is 48.5 Å². The predicted octanol–water partition coefficient (Wildman–Crippen LogP) is 2.26. The zero-order valence-electron chi connectivity index (χ0n) is 16.4. The molecule has 0 aliphatic rings. The van der Waals surface area contributed by atoms with Gasteiger partial charge in [-0.3, -0.25) is 9.59 Å². The van der Waals surface area contributed by atoms with Crippen LogP contribution in [0.5, 0.6) is 5.75 Å². The van der Waals surface area contributed by atoms with E-state index in [0.717, 1.165) is 27.6 Å². The summed E-state index contributed by atoms with van der Waals surface area (Å²) in [6.07, 6.45) is 2.34. The van der Waals surface area contributed by atoms with Crippen LogP contribution in [0.4, 0.5) is 0 Å². The van der Waals surface area contributed by atoms with Gasteiger partial charge in [-0.15, -0.1) is 0 Å². The first-order valence-corrected chi connectivity index (χ1v) is 9.42. The molecule has 7 nitrogen and oxygen atoms in total. The van der Waals surface area contributed by atoms with Gasteiger partial charge in [0.15, 0.2) is 0 Å². The van der Waals surface area contributed by atoms with Crippen LogP contribution in [0.3, 0.4) is 0 Å². The largest absolute Gasteiger partial charge is 0.496 e. The van der Waals surface area contributed by atoms with E-state index in [9.17, 15) is 9.59 Å². The Hall–Kier alpha value is -3.61. The second kappa shape index (κ2) is 7.79. The number of aromatic nitrogens is 3. The van der Waals surface area contributed by atoms with Gasteiger partial charge in [0.2, 0.25) is 5.91 Å². The summed E-state index contributed by atoms with van der Waals surface area (Å²) in [6, 6.07) is 15.4. The Morgan fingerprint density at radius 2 is 1.86 bits per heavy atom. The third-order valence-corrected chi connectivity index (χ3v) is 5.08. The number of nitrogens with one attached hydrogen (secondary N) is 1. The molecule has 7 heteroatoms. The summed E-state index contributed by atoms with van der Waals surface area (Å²) in [5.74, 6) is 0.654. The summed E-state index contributed by atoms with van der Waals surface area (Å²) >= 11 is 0. The third-order valence-electron chi connectivity index (χ3n) is 5.08. The number of aryl methyl sites for hydroxylation is 1. The van der Waals surface area contributed by atoms with Crippen molar-refractivity contribution in [1.29, 1.82) is 0 Å². The maximum atomic E-state index is 12.7. The molecule has 1 N–H and O–H groups in total. The lowest BCUT2D eigenvalue weighted by molar-refractivity contribution is -0.121. The van der Waals surface area contributed by atoms with Gasteiger partial charge in [0, 0.05) is 29.9 Å². The first-order chi connectivity index (χ1) is 14.1. The van der Waals surface area contributed by atoms with E-state index in [1.165, 1.54) is 4.68 Å². The number of carbonyl (C=O) groups is 1. The first-order valence-electron chi connectivity index (χ1n) is 9.42. The molecule has 4 aromatic rings. The average Bonchev–Trinajstić information content (AvgIpc) is 3.05. The number of hydrogen-bond donors (Lipinski definition) is 1. The second-order valence-electron chi connectivity index (χ2n) is 6.85. The molecule has 0 unspecified atom stereocenters. The molecular formula is C22H22N4O3. The number of carbonyl (C=O) groups excluding carboxylic acids is 1. The van der Waals surface area contributed by atoms with Gasteiger partial charge in [0.25, 0.3) is 5.56 Å². The van der Waals surface area contributed by atoms with Crippen molar-refractivity contribution in [3.8, 4) is 5.75 Å². The normalized spacial score (nSPS) is 11.1. The minimum absolute atomic E-state index is 0.0647. The quantitative estimate of drug-likeness (QED) is 0.548. The standard InChI is InChI=1S/C22H22N4O3/c1-25-22(28)21-17(13-24-25)16-8-4-5-9-18(16)26(21)14-20(27)23-12-11-15-7-3-6-10-19(15)29-2/h3-10,13H,11-12,14H2,1-2H3,(H,23,27). The Bertz CT molecular complexity index is 1260. The Morgan fingerprint density at radius 3 is 2.69 bits per heavy atom. The van der Waals surface area contributed by atoms with Crippen LogP contribution in [-0.4, -0.2) is 33.9 Å². The van der Waals surface area contributed by atoms with E-state index in [-0.39, 0.29) is 18.0 Å². The van der Waals surface area contributed by atoms with Gasteiger partial charge in [0.1, 0.15) is 17.8 Å². The Morgan fingerprint density at radius 1 is 1.10 bits per heavy atom. The summed E-state index contributed by atoms with van der Waals surface area (Å²) in [7, 11) is 3.24. The number of methoxy groups -OCH3 is 1. The molecule has 29 heavy (non-hydrogen) atoms. The summed E-state index contributed by atoms with van der Waals surface area (Å²) in [4.78, 5) is 25.4. The van der Waals surface area contributed by atoms with E-state index in [1.54, 1.807) is 24.9 Å². The molecule has 148 valence electrons. The van der Waals surface area contributed by atoms with Crippen LogP contribution in [0.1, 0.15) is 5.56 Å². The maximum Gasteiger partial charge on any atom is 0.291 e. The predicted molar refractivity (Wildman–Crippen MR) is 112 cm³/mol. The number of fused-ring (bicyclic) bond motifs is 3. The van der Waals surface area contributed by atoms with Crippen molar-refractivity contribution in [1.82, 2.24) is 19.7 Å². The van der Waals surface area contributed by atoms with E-state index in [4.69, 9.17) is 4.74 Å². The minimum Gasteiger partial charge on any atom is -0.496 e. The molecule has 0 bridgehead atoms. The maximum absolute atomic E-state index is 12.7. The van der Waals surface area contributed by atoms with Gasteiger partial charge in [-0.05, 0) is 24.1 Å². The molecule has 0 saturated carbocycles. The number of hydrogen-bond acceptors (Lipinski definition) is 4. The van der Waals surface area contributed by atoms with Crippen LogP contribution in [0.25, 0.3) is 21.8 Å². The molecule has 0 aliphatic carbocycles. The Kier molecular flexibility index (Phi) is 5.03. The number of amides is 1. The van der Waals surface area contributed by atoms with Crippen LogP contribution in [0.15, 0.2) is 59.5 Å². The summed E-state index contributed by atoms with van der Waals surface area (Å²) < 4.78 is 8.41. The molecule has 0 atom stereocenters. The lowest BCUT2D eigenvalue weighted by Crippen LogP contribution is -2.30. The van der Waals surface area contributed by atoms with E-state index < -0.39 is 0 Å². The number of ether oxygens (including phenoxy) is 1. The molecule has 0 spiro atoms. The van der Waals surface area contributed by atoms with Gasteiger partial charge in [0.05, 0.1) is 13.3 Å². The second-order valence-corrected chi connectivity index (χ2v) is 6.85. The van der Waals surface area contributed by atoms with Crippen LogP contribution < -0.4 is 15.6 Å². The number of nitrogens with zero attached hydrogens (tertiary/aromatic N) is 3. The Labute approximate surface area is 167 Å². The van der Waals surface area contributed by atoms with Crippen LogP contribution in [-0.2, 0) is 24.8 Å². The zero-order chi connectivity index (χ0) is 20.4. The molecule has 0 radical (unpaired) electrons. The first kappa shape index (κ1) is 18.7. The van der Waals surface area contributed by atoms with Crippen LogP contribution in [0, 0.1) is 0 Å². The van der Waals surface area contributed by atoms with Crippen molar-refractivity contribution in [2.24, 2.45) is 7.05 Å². The molecule has 0 saturated heterocycles. The smallest absolute Gasteiger partial charge is 0.291 e. The van der Waals surface area contributed by atoms with Crippen molar-refractivity contribution in [3.05, 3.63) is 70.6 Å². The zero-order valence-corrected chi connectivity index (χ0v) is 16.4. The van der Waals surface area contributed by atoms with Gasteiger partial charge >= 0.3 is 0 Å². The van der Waals surface area contributed by atoms with Gasteiger partial charge in [-0.25, -0.2) is 4.68 Å². The number of benzene rings is 2. The molecule has 2 aromatic heterocycles. The molecular weight excluding hydrogens is 368 g/mol. The Balaban J connectivity index is 1.58. The van der Waals surface area contributed by atoms with Crippen molar-refractivity contribution in [3.63, 3.8) is 0 Å². The topological polar surface area (TPSA) is 78.2 Å². The fraction of sp³-hybridized carbons (Fsp3) is 0.227. The fourth-order valence-corrected chi connectivity index (χ4v) is 3.65. The highest BCUT2D eigenvalue weighted by Crippen LogP contribution is 2.26. The molecule has 1 amide bonds. The van der Waals surface area contributed by atoms with Gasteiger partial charge < -0.3 is 14.6 Å². The highest BCUT2D eigenvalue weighted by atomic mass is 16.5. The molecule has 0 fully saturated rings. The fourth-order valence-electron chi connectivity index (χ4n) is 3.65. The van der Waals surface area contributed by atoms with Crippen molar-refractivity contribution in [2.75, 3.05) is 13.7 Å². The van der Waals surface area contributed by atoms with E-state index >= 15 is 0 Å². The lowest BCUT2D eigenvalue weighted by atomic mass is 10.1. The van der Waals surface area contributed by atoms with Crippen molar-refractivity contribution >= 4 is 27.7 Å². The molecule has 2 heterocycles. The monoisotopic (exact) mass is 390 g/mol. The van der Waals surface area contributed by atoms with E-state index in [2.05, 4.69) is 10.4 Å². The summed E-state index contributed by atoms with van der Waals surface area (Å²) in [5.41, 5.74) is 2.14. The van der Waals surface area contributed by atoms with Crippen LogP contribution in [0.2, 0.25) is 0 Å². The van der Waals surface area contributed by atoms with Gasteiger partial charge in [-0.1, -0.05) is 36.4 Å². The van der Waals surface area contributed by atoms with Crippen molar-refractivity contribution < 1.29 is 9.53 Å². The SMILES string of the molecule is COc1ccccc1CCNC(=O)Cn1c2ccccc2c2cnn(C)c(=O)c21. The van der Waals surface area contributed by atoms with E-state index in [0.29, 0.717) is 18.5 Å². The minimum atomic E-state index is -0.222. The third kappa shape index (κ3) is 3.47. The average molecular weight is 390 g/mol. The highest BCUT2D eigenvalue weighted by Gasteiger charge is 2.16. The lowest BCUT2D eigenvalue weighted by Gasteiger charge is -2.10. The van der Waals surface area contributed by atoms with Gasteiger partial charge in [-0.2, -0.15) is 5.10 Å². The molecule has 2 aromatic carbocycles. The number of para-hydroxylation sites is 2. The molecule has 4 rings (SSSR count). The summed E-state index contributed by atoms with van der Waals surface area (Å²) in [5, 5.41) is 8.74. The summed E-state index contributed by atoms with van der Waals surface area (Å²) in [6.45, 7) is 0.547. The van der Waals surface area contributed by atoms with Crippen molar-refractivity contribution in [2.45, 2.75) is 13.0 Å². The number of rotatable bonds is 6. The van der Waals surface area contributed by atoms with Crippen LogP contribution >= 0.6 is 0 Å². The molecule has 0 aliphatic heterocycles. The highest BCUT2D eigenvalue weighted by molar-refractivity contribution is 6.07.